The normalized spacial score (nSPS) is 24.5. The van der Waals surface area contributed by atoms with Gasteiger partial charge in [-0.25, -0.2) is 0 Å². The summed E-state index contributed by atoms with van der Waals surface area (Å²) in [4.78, 5) is 0. The van der Waals surface area contributed by atoms with E-state index in [0.717, 1.165) is 18.4 Å². The summed E-state index contributed by atoms with van der Waals surface area (Å²) in [5.41, 5.74) is 1.47. The lowest BCUT2D eigenvalue weighted by Gasteiger charge is -2.26. The van der Waals surface area contributed by atoms with Gasteiger partial charge in [0, 0.05) is 0 Å². The van der Waals surface area contributed by atoms with Crippen LogP contribution in [0.3, 0.4) is 0 Å². The van der Waals surface area contributed by atoms with Gasteiger partial charge in [-0.3, -0.25) is 0 Å². The van der Waals surface area contributed by atoms with Crippen LogP contribution >= 0.6 is 0 Å². The summed E-state index contributed by atoms with van der Waals surface area (Å²) < 4.78 is 0. The number of benzene rings is 1. The molecule has 0 radical (unpaired) electrons. The molecule has 0 bridgehead atoms. The van der Waals surface area contributed by atoms with Crippen LogP contribution in [0.25, 0.3) is 0 Å². The molecule has 3 unspecified atom stereocenters. The van der Waals surface area contributed by atoms with Gasteiger partial charge in [0.2, 0.25) is 0 Å². The van der Waals surface area contributed by atoms with Gasteiger partial charge in [0.05, 0.1) is 0 Å². The predicted molar refractivity (Wildman–Crippen MR) is 88.1 cm³/mol. The summed E-state index contributed by atoms with van der Waals surface area (Å²) in [6.45, 7) is 7.11. The SMILES string of the molecule is CC1CCCC(CCNCCC(C)c2ccccc2)C1. The molecule has 1 saturated carbocycles. The van der Waals surface area contributed by atoms with Crippen molar-refractivity contribution in [3.8, 4) is 0 Å². The average molecular weight is 273 g/mol. The Labute approximate surface area is 125 Å². The lowest BCUT2D eigenvalue weighted by atomic mass is 9.81. The molecule has 0 aromatic heterocycles. The van der Waals surface area contributed by atoms with Crippen LogP contribution in [0.1, 0.15) is 63.9 Å². The second kappa shape index (κ2) is 8.46. The fraction of sp³-hybridized carbons (Fsp3) is 0.684. The zero-order valence-corrected chi connectivity index (χ0v) is 13.3. The largest absolute Gasteiger partial charge is 0.317 e. The molecule has 1 N–H and O–H groups in total. The van der Waals surface area contributed by atoms with Gasteiger partial charge in [0.15, 0.2) is 0 Å². The summed E-state index contributed by atoms with van der Waals surface area (Å²) >= 11 is 0. The van der Waals surface area contributed by atoms with Crippen LogP contribution in [0.5, 0.6) is 0 Å². The topological polar surface area (TPSA) is 12.0 Å². The Morgan fingerprint density at radius 3 is 2.70 bits per heavy atom. The lowest BCUT2D eigenvalue weighted by Crippen LogP contribution is -2.22. The zero-order chi connectivity index (χ0) is 14.2. The van der Waals surface area contributed by atoms with Crippen molar-refractivity contribution in [2.24, 2.45) is 11.8 Å². The molecule has 0 aliphatic heterocycles. The van der Waals surface area contributed by atoms with E-state index in [4.69, 9.17) is 0 Å². The molecule has 0 amide bonds. The summed E-state index contributed by atoms with van der Waals surface area (Å²) in [7, 11) is 0. The Morgan fingerprint density at radius 2 is 1.95 bits per heavy atom. The Balaban J connectivity index is 1.55. The molecule has 1 aromatic rings. The van der Waals surface area contributed by atoms with Crippen LogP contribution in [-0.4, -0.2) is 13.1 Å². The van der Waals surface area contributed by atoms with Gasteiger partial charge in [-0.05, 0) is 55.7 Å². The van der Waals surface area contributed by atoms with Crippen LogP contribution in [0.2, 0.25) is 0 Å². The van der Waals surface area contributed by atoms with E-state index in [1.807, 2.05) is 0 Å². The van der Waals surface area contributed by atoms with Gasteiger partial charge in [-0.1, -0.05) is 63.4 Å². The number of rotatable bonds is 7. The highest BCUT2D eigenvalue weighted by molar-refractivity contribution is 5.18. The Morgan fingerprint density at radius 1 is 1.15 bits per heavy atom. The van der Waals surface area contributed by atoms with Gasteiger partial charge >= 0.3 is 0 Å². The maximum absolute atomic E-state index is 3.65. The first-order chi connectivity index (χ1) is 9.75. The van der Waals surface area contributed by atoms with E-state index in [0.29, 0.717) is 5.92 Å². The van der Waals surface area contributed by atoms with Crippen molar-refractivity contribution >= 4 is 0 Å². The van der Waals surface area contributed by atoms with E-state index >= 15 is 0 Å². The van der Waals surface area contributed by atoms with Crippen LogP contribution in [0.4, 0.5) is 0 Å². The molecule has 1 heteroatoms. The Bertz CT molecular complexity index is 359. The highest BCUT2D eigenvalue weighted by Crippen LogP contribution is 2.30. The van der Waals surface area contributed by atoms with E-state index in [1.54, 1.807) is 0 Å². The van der Waals surface area contributed by atoms with Gasteiger partial charge in [-0.2, -0.15) is 0 Å². The second-order valence-corrected chi connectivity index (χ2v) is 6.78. The first kappa shape index (κ1) is 15.6. The molecule has 1 fully saturated rings. The van der Waals surface area contributed by atoms with Crippen molar-refractivity contribution < 1.29 is 0 Å². The molecule has 1 aromatic carbocycles. The predicted octanol–water partition coefficient (Wildman–Crippen LogP) is 4.99. The van der Waals surface area contributed by atoms with E-state index in [1.165, 1.54) is 50.6 Å². The molecule has 20 heavy (non-hydrogen) atoms. The molecule has 3 atom stereocenters. The molecular formula is C19H31N. The lowest BCUT2D eigenvalue weighted by molar-refractivity contribution is 0.267. The highest BCUT2D eigenvalue weighted by Gasteiger charge is 2.18. The third-order valence-electron chi connectivity index (χ3n) is 4.90. The van der Waals surface area contributed by atoms with Crippen molar-refractivity contribution in [2.45, 2.75) is 58.3 Å². The van der Waals surface area contributed by atoms with Gasteiger partial charge < -0.3 is 5.32 Å². The third-order valence-corrected chi connectivity index (χ3v) is 4.90. The van der Waals surface area contributed by atoms with Crippen LogP contribution in [-0.2, 0) is 0 Å². The van der Waals surface area contributed by atoms with Crippen LogP contribution < -0.4 is 5.32 Å². The molecule has 1 aliphatic carbocycles. The van der Waals surface area contributed by atoms with Crippen molar-refractivity contribution in [2.75, 3.05) is 13.1 Å². The molecular weight excluding hydrogens is 242 g/mol. The van der Waals surface area contributed by atoms with E-state index in [9.17, 15) is 0 Å². The molecule has 0 saturated heterocycles. The fourth-order valence-corrected chi connectivity index (χ4v) is 3.52. The maximum Gasteiger partial charge on any atom is -0.00432 e. The van der Waals surface area contributed by atoms with Gasteiger partial charge in [0.1, 0.15) is 0 Å². The van der Waals surface area contributed by atoms with Crippen molar-refractivity contribution in [1.82, 2.24) is 5.32 Å². The molecule has 1 nitrogen and oxygen atoms in total. The minimum Gasteiger partial charge on any atom is -0.317 e. The average Bonchev–Trinajstić information content (AvgIpc) is 2.48. The summed E-state index contributed by atoms with van der Waals surface area (Å²) in [6.07, 6.45) is 8.46. The number of hydrogen-bond acceptors (Lipinski definition) is 1. The Hall–Kier alpha value is -0.820. The standard InChI is InChI=1S/C19H31N/c1-16-7-6-8-18(15-16)12-14-20-13-11-17(2)19-9-4-3-5-10-19/h3-5,9-10,16-18,20H,6-8,11-15H2,1-2H3. The third kappa shape index (κ3) is 5.28. The fourth-order valence-electron chi connectivity index (χ4n) is 3.52. The number of hydrogen-bond donors (Lipinski definition) is 1. The zero-order valence-electron chi connectivity index (χ0n) is 13.3. The highest BCUT2D eigenvalue weighted by atomic mass is 14.8. The molecule has 1 aliphatic rings. The maximum atomic E-state index is 3.65. The quantitative estimate of drug-likeness (QED) is 0.690. The van der Waals surface area contributed by atoms with Crippen molar-refractivity contribution in [3.05, 3.63) is 35.9 Å². The van der Waals surface area contributed by atoms with E-state index in [-0.39, 0.29) is 0 Å². The minimum absolute atomic E-state index is 0.665. The molecule has 2 rings (SSSR count). The first-order valence-corrected chi connectivity index (χ1v) is 8.51. The van der Waals surface area contributed by atoms with Gasteiger partial charge in [-0.15, -0.1) is 0 Å². The van der Waals surface area contributed by atoms with Crippen LogP contribution in [0, 0.1) is 11.8 Å². The summed E-state index contributed by atoms with van der Waals surface area (Å²) in [5.74, 6) is 2.61. The first-order valence-electron chi connectivity index (χ1n) is 8.51. The molecule has 112 valence electrons. The van der Waals surface area contributed by atoms with E-state index in [2.05, 4.69) is 49.5 Å². The molecule has 0 spiro atoms. The number of nitrogens with one attached hydrogen (secondary N) is 1. The monoisotopic (exact) mass is 273 g/mol. The smallest absolute Gasteiger partial charge is 0.00432 e. The van der Waals surface area contributed by atoms with Crippen LogP contribution in [0.15, 0.2) is 30.3 Å². The summed E-state index contributed by atoms with van der Waals surface area (Å²) in [5, 5.41) is 3.65. The van der Waals surface area contributed by atoms with E-state index < -0.39 is 0 Å². The second-order valence-electron chi connectivity index (χ2n) is 6.78. The van der Waals surface area contributed by atoms with Crippen molar-refractivity contribution in [1.29, 1.82) is 0 Å². The Kier molecular flexibility index (Phi) is 6.59. The minimum atomic E-state index is 0.665. The summed E-state index contributed by atoms with van der Waals surface area (Å²) in [6, 6.07) is 10.9. The molecule has 0 heterocycles. The van der Waals surface area contributed by atoms with Gasteiger partial charge in [0.25, 0.3) is 0 Å². The van der Waals surface area contributed by atoms with Crippen molar-refractivity contribution in [3.63, 3.8) is 0 Å².